The number of benzene rings is 2. The second kappa shape index (κ2) is 7.93. The molecule has 3 aromatic rings. The lowest BCUT2D eigenvalue weighted by atomic mass is 10.2. The van der Waals surface area contributed by atoms with Crippen LogP contribution in [0.1, 0.15) is 21.6 Å². The average molecular weight is 410 g/mol. The number of ether oxygens (including phenoxy) is 1. The number of halogens is 4. The lowest BCUT2D eigenvalue weighted by Gasteiger charge is -2.13. The minimum absolute atomic E-state index is 0.0618. The first-order chi connectivity index (χ1) is 13.3. The summed E-state index contributed by atoms with van der Waals surface area (Å²) in [6, 6.07) is 12.5. The van der Waals surface area contributed by atoms with E-state index >= 15 is 0 Å². The van der Waals surface area contributed by atoms with Gasteiger partial charge in [-0.1, -0.05) is 23.7 Å². The Morgan fingerprint density at radius 3 is 2.36 bits per heavy atom. The number of hydrogen-bond acceptors (Lipinski definition) is 3. The quantitative estimate of drug-likeness (QED) is 0.675. The van der Waals surface area contributed by atoms with E-state index in [1.165, 1.54) is 31.4 Å². The van der Waals surface area contributed by atoms with E-state index in [9.17, 15) is 18.0 Å². The summed E-state index contributed by atoms with van der Waals surface area (Å²) in [4.78, 5) is 12.4. The molecule has 0 spiro atoms. The first-order valence-corrected chi connectivity index (χ1v) is 8.49. The van der Waals surface area contributed by atoms with Gasteiger partial charge in [0.05, 0.1) is 24.6 Å². The third-order valence-corrected chi connectivity index (χ3v) is 4.22. The van der Waals surface area contributed by atoms with Crippen molar-refractivity contribution in [3.8, 4) is 11.4 Å². The van der Waals surface area contributed by atoms with Crippen LogP contribution in [0, 0.1) is 0 Å². The molecule has 1 heterocycles. The normalized spacial score (nSPS) is 11.3. The Labute approximate surface area is 163 Å². The van der Waals surface area contributed by atoms with E-state index in [0.29, 0.717) is 21.0 Å². The van der Waals surface area contributed by atoms with E-state index in [1.54, 1.807) is 24.3 Å². The number of rotatable bonds is 5. The van der Waals surface area contributed by atoms with E-state index in [4.69, 9.17) is 16.3 Å². The van der Waals surface area contributed by atoms with Gasteiger partial charge < -0.3 is 10.1 Å². The summed E-state index contributed by atoms with van der Waals surface area (Å²) in [5.74, 6) is -0.234. The van der Waals surface area contributed by atoms with Gasteiger partial charge in [-0.15, -0.1) is 0 Å². The van der Waals surface area contributed by atoms with Gasteiger partial charge in [0, 0.05) is 11.6 Å². The lowest BCUT2D eigenvalue weighted by molar-refractivity contribution is -0.143. The first-order valence-electron chi connectivity index (χ1n) is 8.12. The highest BCUT2D eigenvalue weighted by Crippen LogP contribution is 2.33. The van der Waals surface area contributed by atoms with Crippen molar-refractivity contribution in [2.45, 2.75) is 12.7 Å². The Balaban J connectivity index is 1.86. The van der Waals surface area contributed by atoms with E-state index in [0.717, 1.165) is 6.20 Å². The molecule has 1 amide bonds. The maximum atomic E-state index is 13.6. The number of hydrogen-bond donors (Lipinski definition) is 1. The Morgan fingerprint density at radius 2 is 1.79 bits per heavy atom. The zero-order valence-electron chi connectivity index (χ0n) is 14.6. The number of aromatic nitrogens is 2. The Kier molecular flexibility index (Phi) is 5.60. The molecule has 0 aliphatic rings. The van der Waals surface area contributed by atoms with Gasteiger partial charge in [-0.2, -0.15) is 18.3 Å². The van der Waals surface area contributed by atoms with Gasteiger partial charge in [0.25, 0.3) is 5.91 Å². The predicted octanol–water partition coefficient (Wildman–Crippen LogP) is 4.48. The second-order valence-corrected chi connectivity index (χ2v) is 6.26. The SMILES string of the molecule is COc1ccc(CNC(=O)c2cnn(-c3ccc(Cl)cc3)c2C(F)(F)F)cc1. The van der Waals surface area contributed by atoms with E-state index in [-0.39, 0.29) is 12.2 Å². The van der Waals surface area contributed by atoms with Crippen molar-refractivity contribution in [3.05, 3.63) is 76.6 Å². The number of amides is 1. The average Bonchev–Trinajstić information content (AvgIpc) is 3.13. The summed E-state index contributed by atoms with van der Waals surface area (Å²) in [6.07, 6.45) is -3.87. The Hall–Kier alpha value is -3.00. The van der Waals surface area contributed by atoms with Crippen LogP contribution in [-0.2, 0) is 12.7 Å². The topological polar surface area (TPSA) is 56.1 Å². The van der Waals surface area contributed by atoms with Crippen molar-refractivity contribution in [1.82, 2.24) is 15.1 Å². The Morgan fingerprint density at radius 1 is 1.14 bits per heavy atom. The van der Waals surface area contributed by atoms with Crippen LogP contribution in [0.3, 0.4) is 0 Å². The molecule has 0 atom stereocenters. The fourth-order valence-corrected chi connectivity index (χ4v) is 2.71. The highest BCUT2D eigenvalue weighted by Gasteiger charge is 2.40. The lowest BCUT2D eigenvalue weighted by Crippen LogP contribution is -2.26. The molecule has 0 aliphatic carbocycles. The molecule has 1 aromatic heterocycles. The summed E-state index contributed by atoms with van der Waals surface area (Å²) in [6.45, 7) is 0.0618. The number of carbonyl (C=O) groups is 1. The number of methoxy groups -OCH3 is 1. The number of carbonyl (C=O) groups excluding carboxylic acids is 1. The third kappa shape index (κ3) is 4.28. The standard InChI is InChI=1S/C19H15ClF3N3O2/c1-28-15-8-2-12(3-9-15)10-24-18(27)16-11-25-26(17(16)19(21,22)23)14-6-4-13(20)5-7-14/h2-9,11H,10H2,1H3,(H,24,27). The molecule has 0 aliphatic heterocycles. The van der Waals surface area contributed by atoms with Gasteiger partial charge >= 0.3 is 6.18 Å². The monoisotopic (exact) mass is 409 g/mol. The fraction of sp³-hybridized carbons (Fsp3) is 0.158. The summed E-state index contributed by atoms with van der Waals surface area (Å²) in [5, 5.41) is 6.62. The van der Waals surface area contributed by atoms with Crippen LogP contribution in [0.5, 0.6) is 5.75 Å². The minimum Gasteiger partial charge on any atom is -0.497 e. The molecule has 0 bridgehead atoms. The minimum atomic E-state index is -4.77. The zero-order valence-corrected chi connectivity index (χ0v) is 15.4. The number of nitrogens with one attached hydrogen (secondary N) is 1. The maximum Gasteiger partial charge on any atom is 0.434 e. The van der Waals surface area contributed by atoms with Crippen molar-refractivity contribution >= 4 is 17.5 Å². The fourth-order valence-electron chi connectivity index (χ4n) is 2.59. The molecule has 146 valence electrons. The molecule has 28 heavy (non-hydrogen) atoms. The molecule has 0 saturated heterocycles. The van der Waals surface area contributed by atoms with Crippen molar-refractivity contribution in [2.24, 2.45) is 0 Å². The molecule has 1 N–H and O–H groups in total. The summed E-state index contributed by atoms with van der Waals surface area (Å²) in [7, 11) is 1.52. The van der Waals surface area contributed by atoms with Crippen molar-refractivity contribution in [3.63, 3.8) is 0 Å². The molecule has 0 radical (unpaired) electrons. The van der Waals surface area contributed by atoms with Gasteiger partial charge in [-0.05, 0) is 42.0 Å². The molecule has 0 fully saturated rings. The highest BCUT2D eigenvalue weighted by atomic mass is 35.5. The van der Waals surface area contributed by atoms with Crippen LogP contribution in [0.4, 0.5) is 13.2 Å². The van der Waals surface area contributed by atoms with Gasteiger partial charge in [0.2, 0.25) is 0 Å². The van der Waals surface area contributed by atoms with E-state index in [2.05, 4.69) is 10.4 Å². The molecule has 2 aromatic carbocycles. The molecule has 0 saturated carbocycles. The van der Waals surface area contributed by atoms with Crippen molar-refractivity contribution in [2.75, 3.05) is 7.11 Å². The predicted molar refractivity (Wildman–Crippen MR) is 97.7 cm³/mol. The van der Waals surface area contributed by atoms with Gasteiger partial charge in [-0.3, -0.25) is 4.79 Å². The van der Waals surface area contributed by atoms with Crippen LogP contribution in [0.2, 0.25) is 5.02 Å². The van der Waals surface area contributed by atoms with E-state index in [1.807, 2.05) is 0 Å². The Bertz CT molecular complexity index is 968. The number of alkyl halides is 3. The van der Waals surface area contributed by atoms with Gasteiger partial charge in [0.1, 0.15) is 5.75 Å². The summed E-state index contributed by atoms with van der Waals surface area (Å²) >= 11 is 5.78. The zero-order chi connectivity index (χ0) is 20.3. The molecular formula is C19H15ClF3N3O2. The second-order valence-electron chi connectivity index (χ2n) is 5.82. The largest absolute Gasteiger partial charge is 0.497 e. The molecule has 5 nitrogen and oxygen atoms in total. The third-order valence-electron chi connectivity index (χ3n) is 3.97. The van der Waals surface area contributed by atoms with Crippen LogP contribution in [0.15, 0.2) is 54.7 Å². The molecule has 3 rings (SSSR count). The van der Waals surface area contributed by atoms with Gasteiger partial charge in [0.15, 0.2) is 5.69 Å². The number of nitrogens with zero attached hydrogens (tertiary/aromatic N) is 2. The van der Waals surface area contributed by atoms with Crippen LogP contribution in [-0.4, -0.2) is 22.8 Å². The van der Waals surface area contributed by atoms with E-state index < -0.39 is 23.3 Å². The first kappa shape index (κ1) is 19.8. The summed E-state index contributed by atoms with van der Waals surface area (Å²) in [5.41, 5.74) is -0.850. The maximum absolute atomic E-state index is 13.6. The molecular weight excluding hydrogens is 395 g/mol. The van der Waals surface area contributed by atoms with Crippen LogP contribution in [0.25, 0.3) is 5.69 Å². The summed E-state index contributed by atoms with van der Waals surface area (Å²) < 4.78 is 46.6. The van der Waals surface area contributed by atoms with Crippen LogP contribution >= 0.6 is 11.6 Å². The highest BCUT2D eigenvalue weighted by molar-refractivity contribution is 6.30. The van der Waals surface area contributed by atoms with Crippen molar-refractivity contribution < 1.29 is 22.7 Å². The molecule has 9 heteroatoms. The van der Waals surface area contributed by atoms with Gasteiger partial charge in [-0.25, -0.2) is 4.68 Å². The van der Waals surface area contributed by atoms with Crippen molar-refractivity contribution in [1.29, 1.82) is 0 Å². The smallest absolute Gasteiger partial charge is 0.434 e. The molecule has 0 unspecified atom stereocenters. The van der Waals surface area contributed by atoms with Crippen LogP contribution < -0.4 is 10.1 Å².